The topological polar surface area (TPSA) is 96.1 Å². The third-order valence-corrected chi connectivity index (χ3v) is 6.46. The van der Waals surface area contributed by atoms with Gasteiger partial charge < -0.3 is 15.4 Å². The molecule has 4 rings (SSSR count). The monoisotopic (exact) mass is 428 g/mol. The maximum Gasteiger partial charge on any atom is 0.407 e. The van der Waals surface area contributed by atoms with Gasteiger partial charge in [-0.3, -0.25) is 9.89 Å². The van der Waals surface area contributed by atoms with Gasteiger partial charge in [-0.25, -0.2) is 9.18 Å². The van der Waals surface area contributed by atoms with E-state index in [1.165, 1.54) is 18.6 Å². The number of benzene rings is 1. The molecule has 166 valence electrons. The Kier molecular flexibility index (Phi) is 6.25. The van der Waals surface area contributed by atoms with E-state index in [0.717, 1.165) is 31.4 Å². The van der Waals surface area contributed by atoms with Crippen molar-refractivity contribution >= 4 is 17.8 Å². The van der Waals surface area contributed by atoms with E-state index in [9.17, 15) is 14.0 Å². The molecule has 7 nitrogen and oxygen atoms in total. The molecule has 2 aromatic rings. The van der Waals surface area contributed by atoms with Crippen LogP contribution >= 0.6 is 0 Å². The predicted molar refractivity (Wildman–Crippen MR) is 114 cm³/mol. The fraction of sp³-hybridized carbons (Fsp3) is 0.522. The molecule has 1 aromatic heterocycles. The Labute approximate surface area is 181 Å². The number of nitrogens with zero attached hydrogens (tertiary/aromatic N) is 1. The van der Waals surface area contributed by atoms with Crippen LogP contribution in [0.3, 0.4) is 0 Å². The molecule has 0 saturated heterocycles. The van der Waals surface area contributed by atoms with E-state index in [1.54, 1.807) is 12.1 Å². The fourth-order valence-electron chi connectivity index (χ4n) is 4.36. The number of ether oxygens (including phenoxy) is 1. The van der Waals surface area contributed by atoms with E-state index in [2.05, 4.69) is 20.8 Å². The summed E-state index contributed by atoms with van der Waals surface area (Å²) in [5.41, 5.74) is 1.23. The average molecular weight is 429 g/mol. The van der Waals surface area contributed by atoms with Crippen LogP contribution in [0.15, 0.2) is 30.3 Å². The number of hydrogen-bond donors (Lipinski definition) is 3. The van der Waals surface area contributed by atoms with Gasteiger partial charge in [0.05, 0.1) is 5.69 Å². The lowest BCUT2D eigenvalue weighted by atomic mass is 9.75. The SMILES string of the molecule is CC1(C(=O)Nc2cc(C3CC(OC(=O)NCc4cccc(F)c4)C3)n[nH]2)CCCCC1. The molecule has 31 heavy (non-hydrogen) atoms. The highest BCUT2D eigenvalue weighted by molar-refractivity contribution is 5.94. The first kappa shape index (κ1) is 21.3. The first-order chi connectivity index (χ1) is 14.9. The Morgan fingerprint density at radius 1 is 1.23 bits per heavy atom. The molecule has 0 aliphatic heterocycles. The van der Waals surface area contributed by atoms with Crippen molar-refractivity contribution in [3.8, 4) is 0 Å². The number of aromatic amines is 1. The lowest BCUT2D eigenvalue weighted by molar-refractivity contribution is -0.126. The van der Waals surface area contributed by atoms with E-state index >= 15 is 0 Å². The molecule has 2 fully saturated rings. The number of rotatable bonds is 6. The van der Waals surface area contributed by atoms with Crippen molar-refractivity contribution in [3.63, 3.8) is 0 Å². The molecule has 0 unspecified atom stereocenters. The molecule has 8 heteroatoms. The first-order valence-corrected chi connectivity index (χ1v) is 11.0. The van der Waals surface area contributed by atoms with Crippen molar-refractivity contribution in [3.05, 3.63) is 47.4 Å². The van der Waals surface area contributed by atoms with Crippen LogP contribution in [0.25, 0.3) is 0 Å². The molecule has 0 radical (unpaired) electrons. The number of hydrogen-bond acceptors (Lipinski definition) is 4. The quantitative estimate of drug-likeness (QED) is 0.625. The molecular weight excluding hydrogens is 399 g/mol. The third kappa shape index (κ3) is 5.24. The van der Waals surface area contributed by atoms with Crippen molar-refractivity contribution in [1.29, 1.82) is 0 Å². The number of nitrogens with one attached hydrogen (secondary N) is 3. The number of carbonyl (C=O) groups is 2. The Bertz CT molecular complexity index is 932. The smallest absolute Gasteiger partial charge is 0.407 e. The summed E-state index contributed by atoms with van der Waals surface area (Å²) in [5, 5.41) is 12.9. The standard InChI is InChI=1S/C23H29FN4O3/c1-23(8-3-2-4-9-23)21(29)26-20-13-19(27-28-20)16-11-18(12-16)31-22(30)25-14-15-6-5-7-17(24)10-15/h5-7,10,13,16,18H,2-4,8-9,11-12,14H2,1H3,(H,25,30)(H2,26,27,28,29). The number of alkyl carbamates (subject to hydrolysis) is 1. The maximum atomic E-state index is 13.2. The largest absolute Gasteiger partial charge is 0.446 e. The Hall–Kier alpha value is -2.90. The second kappa shape index (κ2) is 9.08. The van der Waals surface area contributed by atoms with Gasteiger partial charge in [-0.05, 0) is 43.4 Å². The molecule has 1 aromatic carbocycles. The molecule has 1 heterocycles. The van der Waals surface area contributed by atoms with Crippen LogP contribution in [0.2, 0.25) is 0 Å². The molecule has 2 amide bonds. The summed E-state index contributed by atoms with van der Waals surface area (Å²) in [6, 6.07) is 7.95. The molecule has 2 aliphatic rings. The zero-order valence-corrected chi connectivity index (χ0v) is 17.7. The summed E-state index contributed by atoms with van der Waals surface area (Å²) in [6.45, 7) is 2.25. The summed E-state index contributed by atoms with van der Waals surface area (Å²) in [7, 11) is 0. The minimum atomic E-state index is -0.511. The number of halogens is 1. The summed E-state index contributed by atoms with van der Waals surface area (Å²) in [6.07, 6.45) is 5.91. The van der Waals surface area contributed by atoms with Crippen molar-refractivity contribution < 1.29 is 18.7 Å². The minimum absolute atomic E-state index is 0.0483. The molecule has 0 bridgehead atoms. The van der Waals surface area contributed by atoms with Gasteiger partial charge in [-0.15, -0.1) is 0 Å². The van der Waals surface area contributed by atoms with Gasteiger partial charge in [-0.1, -0.05) is 38.3 Å². The molecule has 0 atom stereocenters. The number of carbonyl (C=O) groups excluding carboxylic acids is 2. The Morgan fingerprint density at radius 3 is 2.74 bits per heavy atom. The van der Waals surface area contributed by atoms with Crippen molar-refractivity contribution in [1.82, 2.24) is 15.5 Å². The fourth-order valence-corrected chi connectivity index (χ4v) is 4.36. The highest BCUT2D eigenvalue weighted by atomic mass is 19.1. The van der Waals surface area contributed by atoms with Crippen LogP contribution in [-0.2, 0) is 16.1 Å². The summed E-state index contributed by atoms with van der Waals surface area (Å²) >= 11 is 0. The van der Waals surface area contributed by atoms with Crippen LogP contribution in [0.4, 0.5) is 15.0 Å². The Balaban J connectivity index is 1.20. The van der Waals surface area contributed by atoms with Gasteiger partial charge in [0.25, 0.3) is 0 Å². The van der Waals surface area contributed by atoms with Crippen LogP contribution in [0.1, 0.15) is 69.0 Å². The zero-order chi connectivity index (χ0) is 21.8. The molecular formula is C23H29FN4O3. The van der Waals surface area contributed by atoms with Gasteiger partial charge in [0.15, 0.2) is 0 Å². The lowest BCUT2D eigenvalue weighted by Crippen LogP contribution is -2.36. The van der Waals surface area contributed by atoms with Crippen LogP contribution in [0.5, 0.6) is 0 Å². The normalized spacial score (nSPS) is 22.3. The molecule has 2 aliphatic carbocycles. The van der Waals surface area contributed by atoms with E-state index < -0.39 is 6.09 Å². The second-order valence-electron chi connectivity index (χ2n) is 8.96. The van der Waals surface area contributed by atoms with Crippen LogP contribution in [0, 0.1) is 11.2 Å². The van der Waals surface area contributed by atoms with E-state index in [0.29, 0.717) is 24.2 Å². The third-order valence-electron chi connectivity index (χ3n) is 6.46. The van der Waals surface area contributed by atoms with Gasteiger partial charge in [0.2, 0.25) is 5.91 Å². The van der Waals surface area contributed by atoms with Crippen molar-refractivity contribution in [2.75, 3.05) is 5.32 Å². The van der Waals surface area contributed by atoms with Gasteiger partial charge in [-0.2, -0.15) is 5.10 Å². The molecule has 2 saturated carbocycles. The number of aromatic nitrogens is 2. The molecule has 3 N–H and O–H groups in total. The zero-order valence-electron chi connectivity index (χ0n) is 17.7. The van der Waals surface area contributed by atoms with E-state index in [1.807, 2.05) is 13.0 Å². The highest BCUT2D eigenvalue weighted by Gasteiger charge is 2.36. The summed E-state index contributed by atoms with van der Waals surface area (Å²) in [4.78, 5) is 24.6. The first-order valence-electron chi connectivity index (χ1n) is 11.0. The second-order valence-corrected chi connectivity index (χ2v) is 8.96. The van der Waals surface area contributed by atoms with Crippen molar-refractivity contribution in [2.24, 2.45) is 5.41 Å². The summed E-state index contributed by atoms with van der Waals surface area (Å²) in [5.74, 6) is 0.515. The van der Waals surface area contributed by atoms with E-state index in [4.69, 9.17) is 4.74 Å². The number of anilines is 1. The Morgan fingerprint density at radius 2 is 2.00 bits per heavy atom. The van der Waals surface area contributed by atoms with Gasteiger partial charge >= 0.3 is 6.09 Å². The average Bonchev–Trinajstić information content (AvgIpc) is 3.17. The molecule has 0 spiro atoms. The predicted octanol–water partition coefficient (Wildman–Crippen LogP) is 4.63. The minimum Gasteiger partial charge on any atom is -0.446 e. The lowest BCUT2D eigenvalue weighted by Gasteiger charge is -2.33. The van der Waals surface area contributed by atoms with E-state index in [-0.39, 0.29) is 35.7 Å². The van der Waals surface area contributed by atoms with Gasteiger partial charge in [0, 0.05) is 23.9 Å². The highest BCUT2D eigenvalue weighted by Crippen LogP contribution is 2.39. The summed E-state index contributed by atoms with van der Waals surface area (Å²) < 4.78 is 18.6. The number of H-pyrrole nitrogens is 1. The van der Waals surface area contributed by atoms with Crippen LogP contribution in [-0.4, -0.2) is 28.3 Å². The van der Waals surface area contributed by atoms with Gasteiger partial charge in [0.1, 0.15) is 17.7 Å². The number of amides is 2. The van der Waals surface area contributed by atoms with Crippen LogP contribution < -0.4 is 10.6 Å². The maximum absolute atomic E-state index is 13.2. The van der Waals surface area contributed by atoms with Crippen molar-refractivity contribution in [2.45, 2.75) is 70.4 Å².